The van der Waals surface area contributed by atoms with E-state index in [2.05, 4.69) is 40.7 Å². The van der Waals surface area contributed by atoms with Gasteiger partial charge in [0, 0.05) is 32.4 Å². The maximum Gasteiger partial charge on any atom is 0.191 e. The van der Waals surface area contributed by atoms with Gasteiger partial charge < -0.3 is 10.6 Å². The summed E-state index contributed by atoms with van der Waals surface area (Å²) in [7, 11) is 1.95. The summed E-state index contributed by atoms with van der Waals surface area (Å²) in [6.45, 7) is 9.34. The van der Waals surface area contributed by atoms with Gasteiger partial charge in [-0.1, -0.05) is 6.92 Å². The van der Waals surface area contributed by atoms with E-state index in [1.807, 2.05) is 17.9 Å². The molecule has 1 unspecified atom stereocenters. The summed E-state index contributed by atoms with van der Waals surface area (Å²) in [4.78, 5) is 7.29. The number of hydrogen-bond donors (Lipinski definition) is 2. The van der Waals surface area contributed by atoms with Gasteiger partial charge in [-0.15, -0.1) is 0 Å². The third-order valence-electron chi connectivity index (χ3n) is 4.17. The number of aromatic nitrogens is 2. The van der Waals surface area contributed by atoms with E-state index in [4.69, 9.17) is 4.99 Å². The number of nitrogens with one attached hydrogen (secondary N) is 2. The molecule has 0 aliphatic carbocycles. The predicted octanol–water partition coefficient (Wildman–Crippen LogP) is 1.00. The van der Waals surface area contributed by atoms with Crippen LogP contribution in [0.1, 0.15) is 32.3 Å². The molecule has 1 fully saturated rings. The highest BCUT2D eigenvalue weighted by Gasteiger charge is 2.22. The minimum absolute atomic E-state index is 0.610. The van der Waals surface area contributed by atoms with Crippen molar-refractivity contribution in [1.29, 1.82) is 0 Å². The first-order chi connectivity index (χ1) is 10.7. The number of likely N-dealkylation sites (tertiary alicyclic amines) is 1. The summed E-state index contributed by atoms with van der Waals surface area (Å²) in [5, 5.41) is 10.9. The van der Waals surface area contributed by atoms with E-state index in [9.17, 15) is 0 Å². The number of guanidine groups is 1. The predicted molar refractivity (Wildman–Crippen MR) is 91.2 cm³/mol. The summed E-state index contributed by atoms with van der Waals surface area (Å²) >= 11 is 0. The molecule has 6 nitrogen and oxygen atoms in total. The Hall–Kier alpha value is -1.56. The van der Waals surface area contributed by atoms with Gasteiger partial charge in [0.05, 0.1) is 12.7 Å². The summed E-state index contributed by atoms with van der Waals surface area (Å²) < 4.78 is 1.84. The van der Waals surface area contributed by atoms with Crippen molar-refractivity contribution >= 4 is 5.96 Å². The molecule has 1 aliphatic heterocycles. The van der Waals surface area contributed by atoms with Crippen LogP contribution in [0.15, 0.2) is 17.4 Å². The molecule has 2 rings (SSSR count). The van der Waals surface area contributed by atoms with Crippen molar-refractivity contribution in [2.24, 2.45) is 12.0 Å². The second kappa shape index (κ2) is 8.78. The second-order valence-corrected chi connectivity index (χ2v) is 5.84. The molecule has 0 bridgehead atoms. The number of aryl methyl sites for hydroxylation is 1. The van der Waals surface area contributed by atoms with Crippen LogP contribution >= 0.6 is 0 Å². The monoisotopic (exact) mass is 306 g/mol. The van der Waals surface area contributed by atoms with Gasteiger partial charge in [0.15, 0.2) is 5.96 Å². The molecule has 0 aromatic carbocycles. The molecule has 1 aliphatic rings. The molecule has 6 heteroatoms. The Morgan fingerprint density at radius 1 is 1.41 bits per heavy atom. The van der Waals surface area contributed by atoms with Crippen molar-refractivity contribution in [3.8, 4) is 0 Å². The van der Waals surface area contributed by atoms with Gasteiger partial charge in [-0.05, 0) is 44.8 Å². The highest BCUT2D eigenvalue weighted by Crippen LogP contribution is 2.16. The Morgan fingerprint density at radius 3 is 2.95 bits per heavy atom. The Balaban J connectivity index is 1.79. The van der Waals surface area contributed by atoms with Crippen molar-refractivity contribution < 1.29 is 0 Å². The molecule has 1 saturated heterocycles. The van der Waals surface area contributed by atoms with Crippen LogP contribution < -0.4 is 10.6 Å². The maximum atomic E-state index is 4.76. The number of aliphatic imine (C=N–C) groups is 1. The summed E-state index contributed by atoms with van der Waals surface area (Å²) in [5.74, 6) is 0.925. The van der Waals surface area contributed by atoms with E-state index in [0.29, 0.717) is 6.04 Å². The molecule has 2 heterocycles. The lowest BCUT2D eigenvalue weighted by Crippen LogP contribution is -2.40. The molecule has 0 spiro atoms. The summed E-state index contributed by atoms with van der Waals surface area (Å²) in [6.07, 6.45) is 7.51. The SMILES string of the molecule is CCNC(=NCC1CCCN1CC)NCCc1cnn(C)c1. The quantitative estimate of drug-likeness (QED) is 0.583. The smallest absolute Gasteiger partial charge is 0.191 e. The minimum Gasteiger partial charge on any atom is -0.357 e. The summed E-state index contributed by atoms with van der Waals surface area (Å²) in [5.41, 5.74) is 1.25. The van der Waals surface area contributed by atoms with E-state index in [-0.39, 0.29) is 0 Å². The van der Waals surface area contributed by atoms with Crippen molar-refractivity contribution in [2.45, 2.75) is 39.2 Å². The zero-order valence-electron chi connectivity index (χ0n) is 14.2. The van der Waals surface area contributed by atoms with E-state index < -0.39 is 0 Å². The van der Waals surface area contributed by atoms with Crippen LogP contribution in [0, 0.1) is 0 Å². The third kappa shape index (κ3) is 5.02. The average Bonchev–Trinajstić information content (AvgIpc) is 3.13. The molecular weight excluding hydrogens is 276 g/mol. The van der Waals surface area contributed by atoms with E-state index in [0.717, 1.165) is 38.6 Å². The highest BCUT2D eigenvalue weighted by molar-refractivity contribution is 5.79. The molecule has 1 aromatic rings. The van der Waals surface area contributed by atoms with Gasteiger partial charge in [0.2, 0.25) is 0 Å². The normalized spacial score (nSPS) is 19.6. The fourth-order valence-corrected chi connectivity index (χ4v) is 2.98. The van der Waals surface area contributed by atoms with Crippen LogP contribution in [0.2, 0.25) is 0 Å². The molecule has 1 aromatic heterocycles. The number of likely N-dealkylation sites (N-methyl/N-ethyl adjacent to an activating group) is 1. The molecule has 1 atom stereocenters. The standard InChI is InChI=1S/C16H30N6/c1-4-17-16(18-9-8-14-11-20-21(3)13-14)19-12-15-7-6-10-22(15)5-2/h11,13,15H,4-10,12H2,1-3H3,(H2,17,18,19). The molecule has 2 N–H and O–H groups in total. The molecule has 124 valence electrons. The van der Waals surface area contributed by atoms with Gasteiger partial charge in [-0.2, -0.15) is 5.10 Å². The van der Waals surface area contributed by atoms with E-state index >= 15 is 0 Å². The Bertz CT molecular complexity index is 467. The Kier molecular flexibility index (Phi) is 6.71. The van der Waals surface area contributed by atoms with Gasteiger partial charge in [0.1, 0.15) is 0 Å². The largest absolute Gasteiger partial charge is 0.357 e. The first-order valence-electron chi connectivity index (χ1n) is 8.46. The van der Waals surface area contributed by atoms with Crippen LogP contribution in [0.4, 0.5) is 0 Å². The number of nitrogens with zero attached hydrogens (tertiary/aromatic N) is 4. The zero-order valence-corrected chi connectivity index (χ0v) is 14.2. The lowest BCUT2D eigenvalue weighted by molar-refractivity contribution is 0.273. The molecular formula is C16H30N6. The van der Waals surface area contributed by atoms with E-state index in [1.165, 1.54) is 24.9 Å². The number of rotatable bonds is 7. The lowest BCUT2D eigenvalue weighted by Gasteiger charge is -2.21. The van der Waals surface area contributed by atoms with E-state index in [1.54, 1.807) is 0 Å². The zero-order chi connectivity index (χ0) is 15.8. The molecule has 0 amide bonds. The maximum absolute atomic E-state index is 4.76. The van der Waals surface area contributed by atoms with Crippen LogP contribution in [0.3, 0.4) is 0 Å². The Labute approximate surface area is 134 Å². The van der Waals surface area contributed by atoms with Crippen molar-refractivity contribution in [1.82, 2.24) is 25.3 Å². The third-order valence-corrected chi connectivity index (χ3v) is 4.17. The van der Waals surface area contributed by atoms with Crippen molar-refractivity contribution in [3.63, 3.8) is 0 Å². The molecule has 0 radical (unpaired) electrons. The van der Waals surface area contributed by atoms with Crippen LogP contribution in [-0.2, 0) is 13.5 Å². The second-order valence-electron chi connectivity index (χ2n) is 5.84. The van der Waals surface area contributed by atoms with Crippen LogP contribution in [0.25, 0.3) is 0 Å². The topological polar surface area (TPSA) is 57.5 Å². The molecule has 22 heavy (non-hydrogen) atoms. The van der Waals surface area contributed by atoms with Gasteiger partial charge in [-0.25, -0.2) is 0 Å². The average molecular weight is 306 g/mol. The lowest BCUT2D eigenvalue weighted by atomic mass is 10.2. The first-order valence-corrected chi connectivity index (χ1v) is 8.46. The highest BCUT2D eigenvalue weighted by atomic mass is 15.2. The number of hydrogen-bond acceptors (Lipinski definition) is 3. The first kappa shape index (κ1) is 16.8. The van der Waals surface area contributed by atoms with Crippen molar-refractivity contribution in [2.75, 3.05) is 32.7 Å². The van der Waals surface area contributed by atoms with Crippen LogP contribution in [0.5, 0.6) is 0 Å². The fourth-order valence-electron chi connectivity index (χ4n) is 2.98. The van der Waals surface area contributed by atoms with Gasteiger partial charge in [0.25, 0.3) is 0 Å². The Morgan fingerprint density at radius 2 is 2.27 bits per heavy atom. The van der Waals surface area contributed by atoms with Gasteiger partial charge in [-0.3, -0.25) is 14.6 Å². The fraction of sp³-hybridized carbons (Fsp3) is 0.750. The minimum atomic E-state index is 0.610. The van der Waals surface area contributed by atoms with Gasteiger partial charge >= 0.3 is 0 Å². The molecule has 0 saturated carbocycles. The van der Waals surface area contributed by atoms with Crippen molar-refractivity contribution in [3.05, 3.63) is 18.0 Å². The summed E-state index contributed by atoms with van der Waals surface area (Å²) in [6, 6.07) is 0.610. The van der Waals surface area contributed by atoms with Crippen LogP contribution in [-0.4, -0.2) is 59.4 Å².